The first-order chi connectivity index (χ1) is 17.3. The van der Waals surface area contributed by atoms with Gasteiger partial charge in [0.2, 0.25) is 5.91 Å². The lowest BCUT2D eigenvalue weighted by molar-refractivity contribution is -0.139. The van der Waals surface area contributed by atoms with Crippen LogP contribution in [0.5, 0.6) is 0 Å². The predicted molar refractivity (Wildman–Crippen MR) is 124 cm³/mol. The van der Waals surface area contributed by atoms with Crippen LogP contribution >= 0.6 is 0 Å². The molecule has 8 nitrogen and oxygen atoms in total. The Morgan fingerprint density at radius 2 is 1.92 bits per heavy atom. The second-order valence-corrected chi connectivity index (χ2v) is 9.58. The van der Waals surface area contributed by atoms with Crippen LogP contribution in [0.25, 0.3) is 5.57 Å². The number of fused-ring (bicyclic) bond motifs is 3. The normalized spacial score (nSPS) is 23.6. The molecule has 2 amide bonds. The lowest BCUT2D eigenvalue weighted by atomic mass is 9.83. The molecule has 0 N–H and O–H groups in total. The van der Waals surface area contributed by atoms with E-state index in [1.807, 2.05) is 6.92 Å². The summed E-state index contributed by atoms with van der Waals surface area (Å²) in [5.74, 6) is -2.44. The molecule has 0 saturated carbocycles. The van der Waals surface area contributed by atoms with Gasteiger partial charge in [0.1, 0.15) is 0 Å². The van der Waals surface area contributed by atoms with Crippen LogP contribution in [0, 0.1) is 11.8 Å². The van der Waals surface area contributed by atoms with Crippen LogP contribution in [-0.4, -0.2) is 77.9 Å². The Morgan fingerprint density at radius 1 is 1.19 bits per heavy atom. The van der Waals surface area contributed by atoms with Crippen molar-refractivity contribution < 1.29 is 32.2 Å². The third-order valence-corrected chi connectivity index (χ3v) is 7.35. The number of halogens is 3. The van der Waals surface area contributed by atoms with Gasteiger partial charge in [0, 0.05) is 45.1 Å². The molecule has 1 aromatic rings. The van der Waals surface area contributed by atoms with Gasteiger partial charge in [0.25, 0.3) is 5.91 Å². The number of nitrogens with zero attached hydrogens (tertiary/aromatic N) is 4. The quantitative estimate of drug-likeness (QED) is 0.609. The van der Waals surface area contributed by atoms with Crippen LogP contribution in [-0.2, 0) is 14.3 Å². The van der Waals surface area contributed by atoms with E-state index in [2.05, 4.69) is 10.1 Å². The lowest BCUT2D eigenvalue weighted by Gasteiger charge is -2.36. The number of ether oxygens (including phenoxy) is 2. The summed E-state index contributed by atoms with van der Waals surface area (Å²) < 4.78 is 55.0. The number of hydrogen-bond acceptors (Lipinski definition) is 5. The van der Waals surface area contributed by atoms with E-state index in [-0.39, 0.29) is 23.2 Å². The van der Waals surface area contributed by atoms with Crippen molar-refractivity contribution in [3.63, 3.8) is 0 Å². The highest BCUT2D eigenvalue weighted by molar-refractivity contribution is 6.37. The maximum Gasteiger partial charge on any atom is 0.413 e. The van der Waals surface area contributed by atoms with Crippen LogP contribution < -0.4 is 0 Å². The molecule has 1 aliphatic carbocycles. The summed E-state index contributed by atoms with van der Waals surface area (Å²) in [4.78, 5) is 31.6. The summed E-state index contributed by atoms with van der Waals surface area (Å²) in [5.41, 5.74) is -0.0509. The van der Waals surface area contributed by atoms with Gasteiger partial charge in [-0.1, -0.05) is 6.08 Å². The first kappa shape index (κ1) is 24.9. The summed E-state index contributed by atoms with van der Waals surface area (Å²) in [6, 6.07) is -0.0536. The van der Waals surface area contributed by atoms with Crippen molar-refractivity contribution in [1.29, 1.82) is 0 Å². The SMILES string of the molecule is CCOCC1CCN(C(=O)C2C=C3C(=NC(=O)c4cnn(C5CCOCC5)c43)C=C2C(F)(F)F)CC1. The molecule has 4 heterocycles. The van der Waals surface area contributed by atoms with Crippen molar-refractivity contribution in [2.45, 2.75) is 44.8 Å². The number of aliphatic imine (C=N–C) groups is 1. The molecule has 0 bridgehead atoms. The fraction of sp³-hybridized carbons (Fsp3) is 0.600. The molecule has 2 saturated heterocycles. The molecule has 4 aliphatic rings. The number of amides is 2. The fourth-order valence-electron chi connectivity index (χ4n) is 5.38. The number of likely N-dealkylation sites (tertiary alicyclic amines) is 1. The Balaban J connectivity index is 1.48. The third kappa shape index (κ3) is 4.66. The van der Waals surface area contributed by atoms with E-state index in [4.69, 9.17) is 9.47 Å². The number of hydrogen-bond donors (Lipinski definition) is 0. The molecule has 3 aliphatic heterocycles. The minimum atomic E-state index is -4.75. The zero-order chi connectivity index (χ0) is 25.4. The molecule has 11 heteroatoms. The Kier molecular flexibility index (Phi) is 6.86. The number of alkyl halides is 3. The molecule has 0 aromatic carbocycles. The van der Waals surface area contributed by atoms with Gasteiger partial charge in [-0.05, 0) is 44.6 Å². The second-order valence-electron chi connectivity index (χ2n) is 9.58. The second kappa shape index (κ2) is 9.93. The summed E-state index contributed by atoms with van der Waals surface area (Å²) in [6.07, 6.45) is 1.57. The minimum absolute atomic E-state index is 0.0536. The van der Waals surface area contributed by atoms with Crippen molar-refractivity contribution in [2.75, 3.05) is 39.5 Å². The topological polar surface area (TPSA) is 86.0 Å². The summed E-state index contributed by atoms with van der Waals surface area (Å²) >= 11 is 0. The van der Waals surface area contributed by atoms with E-state index < -0.39 is 29.5 Å². The van der Waals surface area contributed by atoms with E-state index in [0.717, 1.165) is 6.08 Å². The minimum Gasteiger partial charge on any atom is -0.381 e. The van der Waals surface area contributed by atoms with Gasteiger partial charge in [0.05, 0.1) is 40.7 Å². The fourth-order valence-corrected chi connectivity index (χ4v) is 5.38. The largest absolute Gasteiger partial charge is 0.413 e. The summed E-state index contributed by atoms with van der Waals surface area (Å²) in [7, 11) is 0. The van der Waals surface area contributed by atoms with Gasteiger partial charge < -0.3 is 14.4 Å². The van der Waals surface area contributed by atoms with Crippen LogP contribution in [0.3, 0.4) is 0 Å². The first-order valence-corrected chi connectivity index (χ1v) is 12.4. The van der Waals surface area contributed by atoms with Crippen LogP contribution in [0.15, 0.2) is 28.9 Å². The molecule has 36 heavy (non-hydrogen) atoms. The Morgan fingerprint density at radius 3 is 2.58 bits per heavy atom. The van der Waals surface area contributed by atoms with Crippen molar-refractivity contribution in [2.24, 2.45) is 16.8 Å². The monoisotopic (exact) mass is 506 g/mol. The van der Waals surface area contributed by atoms with E-state index in [0.29, 0.717) is 76.5 Å². The van der Waals surface area contributed by atoms with Crippen molar-refractivity contribution >= 4 is 23.1 Å². The van der Waals surface area contributed by atoms with Gasteiger partial charge in [-0.3, -0.25) is 14.3 Å². The Labute approximate surface area is 206 Å². The van der Waals surface area contributed by atoms with Crippen LogP contribution in [0.1, 0.15) is 54.7 Å². The summed E-state index contributed by atoms with van der Waals surface area (Å²) in [5, 5.41) is 4.40. The van der Waals surface area contributed by atoms with Gasteiger partial charge in [-0.25, -0.2) is 4.99 Å². The number of rotatable bonds is 5. The summed E-state index contributed by atoms with van der Waals surface area (Å²) in [6.45, 7) is 4.94. The maximum absolute atomic E-state index is 14.1. The van der Waals surface area contributed by atoms with Crippen LogP contribution in [0.4, 0.5) is 13.2 Å². The smallest absolute Gasteiger partial charge is 0.381 e. The van der Waals surface area contributed by atoms with Crippen molar-refractivity contribution in [3.8, 4) is 0 Å². The number of carbonyl (C=O) groups excluding carboxylic acids is 2. The van der Waals surface area contributed by atoms with E-state index >= 15 is 0 Å². The zero-order valence-electron chi connectivity index (χ0n) is 20.1. The molecule has 5 rings (SSSR count). The van der Waals surface area contributed by atoms with Gasteiger partial charge in [0.15, 0.2) is 0 Å². The number of allylic oxidation sites excluding steroid dienone is 2. The Hall–Kier alpha value is -2.79. The van der Waals surface area contributed by atoms with E-state index in [9.17, 15) is 22.8 Å². The van der Waals surface area contributed by atoms with E-state index in [1.165, 1.54) is 17.2 Å². The molecular formula is C25H29F3N4O4. The molecule has 1 atom stereocenters. The average molecular weight is 507 g/mol. The molecular weight excluding hydrogens is 477 g/mol. The highest BCUT2D eigenvalue weighted by atomic mass is 19.4. The lowest BCUT2D eigenvalue weighted by Crippen LogP contribution is -2.44. The first-order valence-electron chi connectivity index (χ1n) is 12.4. The highest BCUT2D eigenvalue weighted by Crippen LogP contribution is 2.42. The molecule has 194 valence electrons. The van der Waals surface area contributed by atoms with Gasteiger partial charge in [-0.2, -0.15) is 18.3 Å². The average Bonchev–Trinajstić information content (AvgIpc) is 3.33. The van der Waals surface area contributed by atoms with Gasteiger partial charge in [-0.15, -0.1) is 0 Å². The molecule has 1 aromatic heterocycles. The number of carbonyl (C=O) groups is 2. The van der Waals surface area contributed by atoms with Crippen LogP contribution in [0.2, 0.25) is 0 Å². The van der Waals surface area contributed by atoms with Crippen molar-refractivity contribution in [3.05, 3.63) is 35.2 Å². The van der Waals surface area contributed by atoms with Crippen molar-refractivity contribution in [1.82, 2.24) is 14.7 Å². The zero-order valence-corrected chi connectivity index (χ0v) is 20.1. The number of aromatic nitrogens is 2. The molecule has 0 spiro atoms. The Bertz CT molecular complexity index is 1120. The maximum atomic E-state index is 14.1. The predicted octanol–water partition coefficient (Wildman–Crippen LogP) is 3.61. The molecule has 2 fully saturated rings. The standard InChI is InChI=1S/C25H29F3N4O4/c1-2-35-14-15-3-7-31(8-4-15)24(34)17-11-18-21(12-20(17)25(26,27)28)30-23(33)19-13-29-32(22(18)19)16-5-9-36-10-6-16/h11-13,15-17H,2-10,14H2,1H3. The number of piperidine rings is 1. The third-order valence-electron chi connectivity index (χ3n) is 7.35. The van der Waals surface area contributed by atoms with E-state index in [1.54, 1.807) is 4.68 Å². The molecule has 1 unspecified atom stereocenters. The molecule has 0 radical (unpaired) electrons. The highest BCUT2D eigenvalue weighted by Gasteiger charge is 2.46. The van der Waals surface area contributed by atoms with Gasteiger partial charge >= 0.3 is 6.18 Å².